The van der Waals surface area contributed by atoms with Crippen LogP contribution in [0.3, 0.4) is 0 Å². The highest BCUT2D eigenvalue weighted by atomic mass is 79.9. The van der Waals surface area contributed by atoms with Gasteiger partial charge in [-0.1, -0.05) is 22.0 Å². The minimum absolute atomic E-state index is 0.0669. The van der Waals surface area contributed by atoms with E-state index in [4.69, 9.17) is 15.2 Å². The van der Waals surface area contributed by atoms with Crippen LogP contribution in [-0.4, -0.2) is 7.11 Å². The second-order valence-corrected chi connectivity index (χ2v) is 4.76. The lowest BCUT2D eigenvalue weighted by atomic mass is 10.2. The van der Waals surface area contributed by atoms with Gasteiger partial charge in [0, 0.05) is 10.0 Å². The highest BCUT2D eigenvalue weighted by molar-refractivity contribution is 9.10. The van der Waals surface area contributed by atoms with Crippen molar-refractivity contribution in [1.29, 1.82) is 0 Å². The first-order chi connectivity index (χ1) is 9.11. The average molecular weight is 326 g/mol. The molecule has 0 aliphatic carbocycles. The Kier molecular flexibility index (Phi) is 4.27. The van der Waals surface area contributed by atoms with E-state index in [1.165, 1.54) is 6.07 Å². The van der Waals surface area contributed by atoms with Crippen molar-refractivity contribution >= 4 is 21.6 Å². The largest absolute Gasteiger partial charge is 0.497 e. The van der Waals surface area contributed by atoms with E-state index in [0.717, 1.165) is 10.0 Å². The second-order valence-electron chi connectivity index (χ2n) is 3.90. The van der Waals surface area contributed by atoms with Crippen LogP contribution in [0.1, 0.15) is 5.56 Å². The molecule has 2 rings (SSSR count). The molecular weight excluding hydrogens is 313 g/mol. The van der Waals surface area contributed by atoms with Crippen LogP contribution in [0.5, 0.6) is 11.5 Å². The minimum atomic E-state index is -0.473. The van der Waals surface area contributed by atoms with E-state index in [0.29, 0.717) is 5.75 Å². The van der Waals surface area contributed by atoms with Gasteiger partial charge in [0.2, 0.25) is 0 Å². The van der Waals surface area contributed by atoms with Crippen LogP contribution in [0.4, 0.5) is 10.1 Å². The molecule has 2 aromatic rings. The zero-order valence-corrected chi connectivity index (χ0v) is 11.9. The fourth-order valence-electron chi connectivity index (χ4n) is 1.62. The number of nitrogens with two attached hydrogens (primary N) is 1. The number of hydrogen-bond donors (Lipinski definition) is 1. The van der Waals surface area contributed by atoms with Crippen LogP contribution >= 0.6 is 15.9 Å². The zero-order valence-electron chi connectivity index (χ0n) is 10.3. The van der Waals surface area contributed by atoms with E-state index in [2.05, 4.69) is 15.9 Å². The number of anilines is 1. The summed E-state index contributed by atoms with van der Waals surface area (Å²) in [6.07, 6.45) is 0. The lowest BCUT2D eigenvalue weighted by molar-refractivity contribution is 0.290. The topological polar surface area (TPSA) is 44.5 Å². The predicted molar refractivity (Wildman–Crippen MR) is 75.8 cm³/mol. The predicted octanol–water partition coefficient (Wildman–Crippen LogP) is 3.76. The molecule has 0 saturated heterocycles. The molecule has 0 amide bonds. The van der Waals surface area contributed by atoms with E-state index in [9.17, 15) is 4.39 Å². The molecule has 0 fully saturated rings. The van der Waals surface area contributed by atoms with Crippen molar-refractivity contribution in [3.63, 3.8) is 0 Å². The van der Waals surface area contributed by atoms with Crippen molar-refractivity contribution in [2.45, 2.75) is 6.61 Å². The van der Waals surface area contributed by atoms with Gasteiger partial charge in [-0.3, -0.25) is 0 Å². The molecule has 2 N–H and O–H groups in total. The van der Waals surface area contributed by atoms with E-state index >= 15 is 0 Å². The van der Waals surface area contributed by atoms with Crippen LogP contribution in [0.15, 0.2) is 40.9 Å². The summed E-state index contributed by atoms with van der Waals surface area (Å²) < 4.78 is 25.0. The van der Waals surface area contributed by atoms with Gasteiger partial charge >= 0.3 is 0 Å². The summed E-state index contributed by atoms with van der Waals surface area (Å²) >= 11 is 3.41. The van der Waals surface area contributed by atoms with Crippen molar-refractivity contribution in [3.05, 3.63) is 52.3 Å². The van der Waals surface area contributed by atoms with Gasteiger partial charge in [0.1, 0.15) is 12.4 Å². The standard InChI is InChI=1S/C14H13BrFNO2/c1-18-10-5-6-11(15)9(7-10)8-19-14-12(16)3-2-4-13(14)17/h2-7H,8,17H2,1H3. The maximum absolute atomic E-state index is 13.6. The second kappa shape index (κ2) is 5.93. The Morgan fingerprint density at radius 2 is 2.05 bits per heavy atom. The summed E-state index contributed by atoms with van der Waals surface area (Å²) in [5, 5.41) is 0. The Bertz CT molecular complexity index is 569. The summed E-state index contributed by atoms with van der Waals surface area (Å²) in [6, 6.07) is 9.94. The summed E-state index contributed by atoms with van der Waals surface area (Å²) in [7, 11) is 1.59. The molecule has 0 aliphatic heterocycles. The number of ether oxygens (including phenoxy) is 2. The third-order valence-corrected chi connectivity index (χ3v) is 3.40. The SMILES string of the molecule is COc1ccc(Br)c(COc2c(N)cccc2F)c1. The van der Waals surface area contributed by atoms with Gasteiger partial charge in [-0.2, -0.15) is 0 Å². The summed E-state index contributed by atoms with van der Waals surface area (Å²) in [5.41, 5.74) is 6.80. The highest BCUT2D eigenvalue weighted by Crippen LogP contribution is 2.28. The molecule has 19 heavy (non-hydrogen) atoms. The third kappa shape index (κ3) is 3.17. The highest BCUT2D eigenvalue weighted by Gasteiger charge is 2.09. The first kappa shape index (κ1) is 13.7. The molecule has 0 heterocycles. The van der Waals surface area contributed by atoms with E-state index in [1.807, 2.05) is 18.2 Å². The quantitative estimate of drug-likeness (QED) is 0.870. The number of para-hydroxylation sites is 1. The number of rotatable bonds is 4. The van der Waals surface area contributed by atoms with Gasteiger partial charge < -0.3 is 15.2 Å². The maximum atomic E-state index is 13.6. The molecule has 0 aliphatic rings. The van der Waals surface area contributed by atoms with Crippen LogP contribution in [0, 0.1) is 5.82 Å². The van der Waals surface area contributed by atoms with Gasteiger partial charge in [-0.05, 0) is 30.3 Å². The van der Waals surface area contributed by atoms with Gasteiger partial charge in [0.25, 0.3) is 0 Å². The Morgan fingerprint density at radius 3 is 2.74 bits per heavy atom. The van der Waals surface area contributed by atoms with E-state index < -0.39 is 5.82 Å². The maximum Gasteiger partial charge on any atom is 0.178 e. The number of nitrogen functional groups attached to an aromatic ring is 1. The molecule has 100 valence electrons. The average Bonchev–Trinajstić information content (AvgIpc) is 2.40. The molecule has 5 heteroatoms. The Balaban J connectivity index is 2.19. The molecule has 0 unspecified atom stereocenters. The Hall–Kier alpha value is -1.75. The molecule has 0 spiro atoms. The van der Waals surface area contributed by atoms with Gasteiger partial charge in [0.15, 0.2) is 11.6 Å². The summed E-state index contributed by atoms with van der Waals surface area (Å²) in [4.78, 5) is 0. The summed E-state index contributed by atoms with van der Waals surface area (Å²) in [6.45, 7) is 0.197. The van der Waals surface area contributed by atoms with Gasteiger partial charge in [-0.25, -0.2) is 4.39 Å². The van der Waals surface area contributed by atoms with E-state index in [1.54, 1.807) is 19.2 Å². The van der Waals surface area contributed by atoms with Crippen LogP contribution in [0.2, 0.25) is 0 Å². The molecule has 0 saturated carbocycles. The molecule has 0 bridgehead atoms. The van der Waals surface area contributed by atoms with Crippen LogP contribution < -0.4 is 15.2 Å². The molecule has 0 radical (unpaired) electrons. The molecular formula is C14H13BrFNO2. The van der Waals surface area contributed by atoms with Crippen molar-refractivity contribution in [2.24, 2.45) is 0 Å². The van der Waals surface area contributed by atoms with E-state index in [-0.39, 0.29) is 18.0 Å². The van der Waals surface area contributed by atoms with Crippen molar-refractivity contribution < 1.29 is 13.9 Å². The first-order valence-corrected chi connectivity index (χ1v) is 6.40. The Morgan fingerprint density at radius 1 is 1.26 bits per heavy atom. The third-order valence-electron chi connectivity index (χ3n) is 2.62. The van der Waals surface area contributed by atoms with Gasteiger partial charge in [-0.15, -0.1) is 0 Å². The number of hydrogen-bond acceptors (Lipinski definition) is 3. The number of methoxy groups -OCH3 is 1. The fourth-order valence-corrected chi connectivity index (χ4v) is 1.98. The number of halogens is 2. The first-order valence-electron chi connectivity index (χ1n) is 5.61. The molecule has 2 aromatic carbocycles. The normalized spacial score (nSPS) is 10.3. The Labute approximate surface area is 119 Å². The smallest absolute Gasteiger partial charge is 0.178 e. The monoisotopic (exact) mass is 325 g/mol. The summed E-state index contributed by atoms with van der Waals surface area (Å²) in [5.74, 6) is 0.305. The van der Waals surface area contributed by atoms with Gasteiger partial charge in [0.05, 0.1) is 12.8 Å². The lowest BCUT2D eigenvalue weighted by Crippen LogP contribution is -2.02. The van der Waals surface area contributed by atoms with Crippen LogP contribution in [-0.2, 0) is 6.61 Å². The number of benzene rings is 2. The van der Waals surface area contributed by atoms with Crippen LogP contribution in [0.25, 0.3) is 0 Å². The lowest BCUT2D eigenvalue weighted by Gasteiger charge is -2.11. The van der Waals surface area contributed by atoms with Crippen molar-refractivity contribution in [2.75, 3.05) is 12.8 Å². The fraction of sp³-hybridized carbons (Fsp3) is 0.143. The zero-order chi connectivity index (χ0) is 13.8. The molecule has 0 atom stereocenters. The minimum Gasteiger partial charge on any atom is -0.497 e. The van der Waals surface area contributed by atoms with Crippen molar-refractivity contribution in [3.8, 4) is 11.5 Å². The molecule has 0 aromatic heterocycles. The van der Waals surface area contributed by atoms with Crippen molar-refractivity contribution in [1.82, 2.24) is 0 Å². The molecule has 3 nitrogen and oxygen atoms in total.